The standard InChI is InChI=1S/C15H19NO2/c1-16-15(13-9-10-18-11-13)8-5-12-3-6-14(17-2)7-4-12/h3-4,6-7,9-11,15-16H,5,8H2,1-2H3. The van der Waals surface area contributed by atoms with Crippen molar-refractivity contribution in [1.29, 1.82) is 0 Å². The van der Waals surface area contributed by atoms with Gasteiger partial charge in [-0.3, -0.25) is 0 Å². The van der Waals surface area contributed by atoms with Crippen LogP contribution in [0.25, 0.3) is 0 Å². The number of hydrogen-bond donors (Lipinski definition) is 1. The molecule has 0 fully saturated rings. The summed E-state index contributed by atoms with van der Waals surface area (Å²) < 4.78 is 10.3. The van der Waals surface area contributed by atoms with Crippen molar-refractivity contribution in [3.05, 3.63) is 54.0 Å². The third-order valence-electron chi connectivity index (χ3n) is 3.17. The Labute approximate surface area is 108 Å². The lowest BCUT2D eigenvalue weighted by molar-refractivity contribution is 0.414. The van der Waals surface area contributed by atoms with Crippen LogP contribution in [-0.2, 0) is 6.42 Å². The molecule has 1 aromatic carbocycles. The van der Waals surface area contributed by atoms with Gasteiger partial charge in [-0.1, -0.05) is 12.1 Å². The van der Waals surface area contributed by atoms with E-state index in [1.165, 1.54) is 11.1 Å². The van der Waals surface area contributed by atoms with Crippen molar-refractivity contribution in [2.24, 2.45) is 0 Å². The van der Waals surface area contributed by atoms with Gasteiger partial charge >= 0.3 is 0 Å². The van der Waals surface area contributed by atoms with E-state index in [-0.39, 0.29) is 0 Å². The first kappa shape index (κ1) is 12.7. The molecule has 0 saturated heterocycles. The lowest BCUT2D eigenvalue weighted by Crippen LogP contribution is -2.16. The number of hydrogen-bond acceptors (Lipinski definition) is 3. The van der Waals surface area contributed by atoms with Gasteiger partial charge in [0.1, 0.15) is 5.75 Å². The molecule has 1 heterocycles. The molecule has 0 radical (unpaired) electrons. The fourth-order valence-corrected chi connectivity index (χ4v) is 2.05. The van der Waals surface area contributed by atoms with E-state index in [1.54, 1.807) is 19.6 Å². The molecule has 1 atom stereocenters. The quantitative estimate of drug-likeness (QED) is 0.848. The van der Waals surface area contributed by atoms with E-state index in [9.17, 15) is 0 Å². The molecule has 2 aromatic rings. The normalized spacial score (nSPS) is 12.3. The number of rotatable bonds is 6. The smallest absolute Gasteiger partial charge is 0.118 e. The molecule has 0 aliphatic heterocycles. The molecule has 1 unspecified atom stereocenters. The molecule has 96 valence electrons. The molecule has 0 amide bonds. The van der Waals surface area contributed by atoms with Crippen LogP contribution in [0.4, 0.5) is 0 Å². The second-order valence-electron chi connectivity index (χ2n) is 4.28. The van der Waals surface area contributed by atoms with E-state index in [2.05, 4.69) is 17.4 Å². The zero-order valence-electron chi connectivity index (χ0n) is 10.8. The largest absolute Gasteiger partial charge is 0.497 e. The van der Waals surface area contributed by atoms with Crippen LogP contribution in [0.1, 0.15) is 23.6 Å². The van der Waals surface area contributed by atoms with E-state index in [0.717, 1.165) is 18.6 Å². The molecule has 0 aliphatic carbocycles. The SMILES string of the molecule is CNC(CCc1ccc(OC)cc1)c1ccoc1. The fourth-order valence-electron chi connectivity index (χ4n) is 2.05. The summed E-state index contributed by atoms with van der Waals surface area (Å²) >= 11 is 0. The highest BCUT2D eigenvalue weighted by Gasteiger charge is 2.10. The summed E-state index contributed by atoms with van der Waals surface area (Å²) in [6.45, 7) is 0. The summed E-state index contributed by atoms with van der Waals surface area (Å²) in [5.41, 5.74) is 2.52. The molecule has 3 nitrogen and oxygen atoms in total. The van der Waals surface area contributed by atoms with Crippen LogP contribution < -0.4 is 10.1 Å². The maximum absolute atomic E-state index is 5.15. The number of methoxy groups -OCH3 is 1. The van der Waals surface area contributed by atoms with E-state index < -0.39 is 0 Å². The molecule has 0 spiro atoms. The molecule has 2 rings (SSSR count). The summed E-state index contributed by atoms with van der Waals surface area (Å²) in [5, 5.41) is 3.31. The van der Waals surface area contributed by atoms with Crippen molar-refractivity contribution >= 4 is 0 Å². The van der Waals surface area contributed by atoms with Crippen molar-refractivity contribution in [2.75, 3.05) is 14.2 Å². The molecule has 1 aromatic heterocycles. The van der Waals surface area contributed by atoms with Gasteiger partial charge in [0.05, 0.1) is 19.6 Å². The number of furan rings is 1. The van der Waals surface area contributed by atoms with E-state index in [1.807, 2.05) is 25.2 Å². The number of aryl methyl sites for hydroxylation is 1. The Morgan fingerprint density at radius 3 is 2.56 bits per heavy atom. The second-order valence-corrected chi connectivity index (χ2v) is 4.28. The van der Waals surface area contributed by atoms with Crippen molar-refractivity contribution < 1.29 is 9.15 Å². The zero-order chi connectivity index (χ0) is 12.8. The van der Waals surface area contributed by atoms with Gasteiger partial charge in [-0.25, -0.2) is 0 Å². The molecule has 0 aliphatic rings. The lowest BCUT2D eigenvalue weighted by atomic mass is 10.0. The summed E-state index contributed by atoms with van der Waals surface area (Å²) in [5.74, 6) is 0.902. The predicted molar refractivity (Wildman–Crippen MR) is 71.8 cm³/mol. The van der Waals surface area contributed by atoms with Crippen LogP contribution in [-0.4, -0.2) is 14.2 Å². The van der Waals surface area contributed by atoms with Crippen LogP contribution in [0, 0.1) is 0 Å². The minimum absolute atomic E-state index is 0.339. The average molecular weight is 245 g/mol. The van der Waals surface area contributed by atoms with Gasteiger partial charge in [0.25, 0.3) is 0 Å². The molecule has 1 N–H and O–H groups in total. The molecule has 18 heavy (non-hydrogen) atoms. The summed E-state index contributed by atoms with van der Waals surface area (Å²) in [6, 6.07) is 10.6. The van der Waals surface area contributed by atoms with Gasteiger partial charge in [0.15, 0.2) is 0 Å². The first-order valence-electron chi connectivity index (χ1n) is 6.15. The zero-order valence-corrected chi connectivity index (χ0v) is 10.8. The Hall–Kier alpha value is -1.74. The lowest BCUT2D eigenvalue weighted by Gasteiger charge is -2.14. The van der Waals surface area contributed by atoms with Crippen LogP contribution in [0.15, 0.2) is 47.3 Å². The predicted octanol–water partition coefficient (Wildman–Crippen LogP) is 3.18. The Kier molecular flexibility index (Phi) is 4.42. The van der Waals surface area contributed by atoms with Crippen LogP contribution >= 0.6 is 0 Å². The Balaban J connectivity index is 1.93. The van der Waals surface area contributed by atoms with E-state index >= 15 is 0 Å². The van der Waals surface area contributed by atoms with Crippen molar-refractivity contribution in [3.63, 3.8) is 0 Å². The van der Waals surface area contributed by atoms with E-state index in [0.29, 0.717) is 6.04 Å². The molecular formula is C15H19NO2. The highest BCUT2D eigenvalue weighted by molar-refractivity contribution is 5.27. The topological polar surface area (TPSA) is 34.4 Å². The van der Waals surface area contributed by atoms with Gasteiger partial charge in [0.2, 0.25) is 0 Å². The first-order valence-corrected chi connectivity index (χ1v) is 6.15. The van der Waals surface area contributed by atoms with Crippen molar-refractivity contribution in [2.45, 2.75) is 18.9 Å². The Bertz CT molecular complexity index is 448. The van der Waals surface area contributed by atoms with Gasteiger partial charge in [-0.15, -0.1) is 0 Å². The van der Waals surface area contributed by atoms with Crippen LogP contribution in [0.3, 0.4) is 0 Å². The highest BCUT2D eigenvalue weighted by Crippen LogP contribution is 2.20. The van der Waals surface area contributed by atoms with Crippen molar-refractivity contribution in [3.8, 4) is 5.75 Å². The third kappa shape index (κ3) is 3.14. The Morgan fingerprint density at radius 2 is 2.00 bits per heavy atom. The second kappa shape index (κ2) is 6.26. The Morgan fingerprint density at radius 1 is 1.22 bits per heavy atom. The maximum atomic E-state index is 5.15. The fraction of sp³-hybridized carbons (Fsp3) is 0.333. The van der Waals surface area contributed by atoms with Gasteiger partial charge in [-0.2, -0.15) is 0 Å². The highest BCUT2D eigenvalue weighted by atomic mass is 16.5. The van der Waals surface area contributed by atoms with Crippen LogP contribution in [0.2, 0.25) is 0 Å². The third-order valence-corrected chi connectivity index (χ3v) is 3.17. The average Bonchev–Trinajstić information content (AvgIpc) is 2.94. The van der Waals surface area contributed by atoms with Crippen molar-refractivity contribution in [1.82, 2.24) is 5.32 Å². The number of benzene rings is 1. The first-order chi connectivity index (χ1) is 8.83. The summed E-state index contributed by atoms with van der Waals surface area (Å²) in [4.78, 5) is 0. The minimum Gasteiger partial charge on any atom is -0.497 e. The molecule has 3 heteroatoms. The van der Waals surface area contributed by atoms with E-state index in [4.69, 9.17) is 9.15 Å². The summed E-state index contributed by atoms with van der Waals surface area (Å²) in [6.07, 6.45) is 5.59. The maximum Gasteiger partial charge on any atom is 0.118 e. The summed E-state index contributed by atoms with van der Waals surface area (Å²) in [7, 11) is 3.66. The van der Waals surface area contributed by atoms with Gasteiger partial charge in [0, 0.05) is 11.6 Å². The van der Waals surface area contributed by atoms with Gasteiger partial charge < -0.3 is 14.5 Å². The molecule has 0 bridgehead atoms. The molecule has 0 saturated carbocycles. The number of nitrogens with one attached hydrogen (secondary N) is 1. The minimum atomic E-state index is 0.339. The monoisotopic (exact) mass is 245 g/mol. The van der Waals surface area contributed by atoms with Gasteiger partial charge in [-0.05, 0) is 43.7 Å². The number of ether oxygens (including phenoxy) is 1. The molecular weight excluding hydrogens is 226 g/mol. The van der Waals surface area contributed by atoms with Crippen LogP contribution in [0.5, 0.6) is 5.75 Å².